The number of likely N-dealkylation sites (tertiary alicyclic amines) is 1. The smallest absolute Gasteiger partial charge is 0.231 e. The second-order valence-electron chi connectivity index (χ2n) is 6.72. The van der Waals surface area contributed by atoms with Crippen molar-refractivity contribution in [1.29, 1.82) is 0 Å². The lowest BCUT2D eigenvalue weighted by atomic mass is 10.1. The zero-order valence-corrected chi connectivity index (χ0v) is 14.5. The van der Waals surface area contributed by atoms with E-state index in [2.05, 4.69) is 5.32 Å². The molecule has 1 N–H and O–H groups in total. The van der Waals surface area contributed by atoms with Crippen LogP contribution in [0.4, 0.5) is 5.69 Å². The number of anilines is 1. The van der Waals surface area contributed by atoms with E-state index in [9.17, 15) is 9.59 Å². The van der Waals surface area contributed by atoms with E-state index in [1.165, 1.54) is 0 Å². The third kappa shape index (κ3) is 3.35. The number of benzene rings is 2. The van der Waals surface area contributed by atoms with Gasteiger partial charge >= 0.3 is 0 Å². The maximum atomic E-state index is 12.5. The fourth-order valence-electron chi connectivity index (χ4n) is 3.33. The lowest BCUT2D eigenvalue weighted by Gasteiger charge is -2.17. The number of nitrogens with zero attached hydrogens (tertiary/aromatic N) is 1. The topological polar surface area (TPSA) is 67.9 Å². The average Bonchev–Trinajstić information content (AvgIpc) is 3.21. The summed E-state index contributed by atoms with van der Waals surface area (Å²) in [6.45, 7) is 3.08. The molecule has 2 amide bonds. The minimum Gasteiger partial charge on any atom is -0.454 e. The van der Waals surface area contributed by atoms with Crippen LogP contribution in [0.25, 0.3) is 0 Å². The van der Waals surface area contributed by atoms with Gasteiger partial charge < -0.3 is 19.7 Å². The molecule has 4 rings (SSSR count). The van der Waals surface area contributed by atoms with E-state index in [-0.39, 0.29) is 30.9 Å². The molecule has 2 aliphatic heterocycles. The van der Waals surface area contributed by atoms with Gasteiger partial charge in [-0.2, -0.15) is 0 Å². The van der Waals surface area contributed by atoms with Gasteiger partial charge in [-0.3, -0.25) is 9.59 Å². The molecule has 1 atom stereocenters. The molecule has 0 bridgehead atoms. The Hall–Kier alpha value is -3.02. The minimum absolute atomic E-state index is 0.00735. The number of hydrogen-bond donors (Lipinski definition) is 1. The average molecular weight is 352 g/mol. The standard InChI is InChI=1S/C20H20N2O4/c1-13-3-2-4-16(7-13)21-20(24)15-9-19(23)22(11-15)10-14-5-6-17-18(8-14)26-12-25-17/h2-8,15H,9-12H2,1H3,(H,21,24). The van der Waals surface area contributed by atoms with Gasteiger partial charge in [0.15, 0.2) is 11.5 Å². The Morgan fingerprint density at radius 1 is 1.19 bits per heavy atom. The van der Waals surface area contributed by atoms with E-state index in [1.54, 1.807) is 4.90 Å². The molecule has 1 unspecified atom stereocenters. The number of fused-ring (bicyclic) bond motifs is 1. The van der Waals surface area contributed by atoms with Gasteiger partial charge in [0.1, 0.15) is 0 Å². The van der Waals surface area contributed by atoms with E-state index in [0.29, 0.717) is 18.8 Å². The highest BCUT2D eigenvalue weighted by atomic mass is 16.7. The molecule has 6 heteroatoms. The molecule has 2 aromatic rings. The molecule has 0 spiro atoms. The van der Waals surface area contributed by atoms with Crippen molar-refractivity contribution in [2.45, 2.75) is 19.9 Å². The number of ether oxygens (including phenoxy) is 2. The Labute approximate surface area is 151 Å². The van der Waals surface area contributed by atoms with Gasteiger partial charge in [-0.05, 0) is 42.3 Å². The second-order valence-corrected chi connectivity index (χ2v) is 6.72. The summed E-state index contributed by atoms with van der Waals surface area (Å²) in [4.78, 5) is 26.5. The summed E-state index contributed by atoms with van der Waals surface area (Å²) >= 11 is 0. The fourth-order valence-corrected chi connectivity index (χ4v) is 3.33. The van der Waals surface area contributed by atoms with Crippen molar-refractivity contribution in [1.82, 2.24) is 4.90 Å². The molecular formula is C20H20N2O4. The van der Waals surface area contributed by atoms with Crippen LogP contribution in [0.1, 0.15) is 17.5 Å². The first-order valence-corrected chi connectivity index (χ1v) is 8.62. The summed E-state index contributed by atoms with van der Waals surface area (Å²) in [6.07, 6.45) is 0.238. The maximum Gasteiger partial charge on any atom is 0.231 e. The minimum atomic E-state index is -0.336. The summed E-state index contributed by atoms with van der Waals surface area (Å²) in [5.74, 6) is 0.959. The van der Waals surface area contributed by atoms with Crippen LogP contribution in [0.5, 0.6) is 11.5 Å². The molecule has 1 saturated heterocycles. The molecule has 2 aliphatic rings. The number of rotatable bonds is 4. The molecule has 1 fully saturated rings. The van der Waals surface area contributed by atoms with Crippen molar-refractivity contribution >= 4 is 17.5 Å². The van der Waals surface area contributed by atoms with Crippen molar-refractivity contribution in [3.05, 3.63) is 53.6 Å². The predicted molar refractivity (Wildman–Crippen MR) is 95.9 cm³/mol. The van der Waals surface area contributed by atoms with Gasteiger partial charge in [-0.25, -0.2) is 0 Å². The van der Waals surface area contributed by atoms with Gasteiger partial charge in [0.25, 0.3) is 0 Å². The normalized spacial score (nSPS) is 18.3. The number of nitrogens with one attached hydrogen (secondary N) is 1. The highest BCUT2D eigenvalue weighted by Crippen LogP contribution is 2.33. The Bertz CT molecular complexity index is 865. The largest absolute Gasteiger partial charge is 0.454 e. The molecule has 2 aromatic carbocycles. The Kier molecular flexibility index (Phi) is 4.24. The summed E-state index contributed by atoms with van der Waals surface area (Å²) in [7, 11) is 0. The van der Waals surface area contributed by atoms with Crippen LogP contribution in [0.3, 0.4) is 0 Å². The molecule has 0 aliphatic carbocycles. The van der Waals surface area contributed by atoms with Gasteiger partial charge in [-0.1, -0.05) is 18.2 Å². The van der Waals surface area contributed by atoms with Gasteiger partial charge in [0, 0.05) is 25.2 Å². The van der Waals surface area contributed by atoms with Crippen molar-refractivity contribution in [3.8, 4) is 11.5 Å². The lowest BCUT2D eigenvalue weighted by molar-refractivity contribution is -0.128. The number of hydrogen-bond acceptors (Lipinski definition) is 4. The third-order valence-electron chi connectivity index (χ3n) is 4.68. The number of aryl methyl sites for hydroxylation is 1. The lowest BCUT2D eigenvalue weighted by Crippen LogP contribution is -2.28. The first kappa shape index (κ1) is 16.4. The zero-order chi connectivity index (χ0) is 18.1. The van der Waals surface area contributed by atoms with Crippen LogP contribution >= 0.6 is 0 Å². The van der Waals surface area contributed by atoms with Crippen LogP contribution in [0.2, 0.25) is 0 Å². The van der Waals surface area contributed by atoms with Gasteiger partial charge in [0.2, 0.25) is 18.6 Å². The number of amides is 2. The van der Waals surface area contributed by atoms with Crippen LogP contribution in [0.15, 0.2) is 42.5 Å². The highest BCUT2D eigenvalue weighted by Gasteiger charge is 2.34. The summed E-state index contributed by atoms with van der Waals surface area (Å²) in [5, 5.41) is 2.91. The maximum absolute atomic E-state index is 12.5. The molecule has 0 saturated carbocycles. The monoisotopic (exact) mass is 352 g/mol. The molecule has 0 radical (unpaired) electrons. The summed E-state index contributed by atoms with van der Waals surface area (Å²) in [5.41, 5.74) is 2.80. The van der Waals surface area contributed by atoms with Gasteiger partial charge in [0.05, 0.1) is 5.92 Å². The molecule has 6 nitrogen and oxygen atoms in total. The first-order chi connectivity index (χ1) is 12.6. The fraction of sp³-hybridized carbons (Fsp3) is 0.300. The van der Waals surface area contributed by atoms with Gasteiger partial charge in [-0.15, -0.1) is 0 Å². The third-order valence-corrected chi connectivity index (χ3v) is 4.68. The molecule has 26 heavy (non-hydrogen) atoms. The SMILES string of the molecule is Cc1cccc(NC(=O)C2CC(=O)N(Cc3ccc4c(c3)OCO4)C2)c1. The highest BCUT2D eigenvalue weighted by molar-refractivity contribution is 5.97. The van der Waals surface area contributed by atoms with E-state index < -0.39 is 0 Å². The van der Waals surface area contributed by atoms with Crippen LogP contribution in [0, 0.1) is 12.8 Å². The molecule has 2 heterocycles. The van der Waals surface area contributed by atoms with Crippen LogP contribution < -0.4 is 14.8 Å². The quantitative estimate of drug-likeness (QED) is 0.919. The first-order valence-electron chi connectivity index (χ1n) is 8.62. The van der Waals surface area contributed by atoms with Crippen molar-refractivity contribution in [2.75, 3.05) is 18.7 Å². The number of carbonyl (C=O) groups excluding carboxylic acids is 2. The second kappa shape index (κ2) is 6.71. The van der Waals surface area contributed by atoms with E-state index >= 15 is 0 Å². The Morgan fingerprint density at radius 2 is 2.04 bits per heavy atom. The Balaban J connectivity index is 1.39. The van der Waals surface area contributed by atoms with Crippen LogP contribution in [-0.2, 0) is 16.1 Å². The van der Waals surface area contributed by atoms with E-state index in [0.717, 1.165) is 22.6 Å². The number of carbonyl (C=O) groups is 2. The van der Waals surface area contributed by atoms with Crippen LogP contribution in [-0.4, -0.2) is 30.1 Å². The van der Waals surface area contributed by atoms with Crippen molar-refractivity contribution in [2.24, 2.45) is 5.92 Å². The molecule has 134 valence electrons. The summed E-state index contributed by atoms with van der Waals surface area (Å²) in [6, 6.07) is 13.3. The predicted octanol–water partition coefficient (Wildman–Crippen LogP) is 2.71. The van der Waals surface area contributed by atoms with E-state index in [4.69, 9.17) is 9.47 Å². The summed E-state index contributed by atoms with van der Waals surface area (Å²) < 4.78 is 10.7. The Morgan fingerprint density at radius 3 is 2.88 bits per heavy atom. The van der Waals surface area contributed by atoms with Crippen molar-refractivity contribution < 1.29 is 19.1 Å². The molecular weight excluding hydrogens is 332 g/mol. The van der Waals surface area contributed by atoms with Crippen molar-refractivity contribution in [3.63, 3.8) is 0 Å². The van der Waals surface area contributed by atoms with E-state index in [1.807, 2.05) is 49.4 Å². The zero-order valence-electron chi connectivity index (χ0n) is 14.5. The molecule has 0 aromatic heterocycles.